The van der Waals surface area contributed by atoms with Crippen LogP contribution in [-0.2, 0) is 15.9 Å². The van der Waals surface area contributed by atoms with Crippen molar-refractivity contribution in [3.63, 3.8) is 0 Å². The Balaban J connectivity index is 1.33. The van der Waals surface area contributed by atoms with Crippen LogP contribution in [0, 0.1) is 5.82 Å². The summed E-state index contributed by atoms with van der Waals surface area (Å²) in [6.45, 7) is 2.87. The van der Waals surface area contributed by atoms with E-state index >= 15 is 0 Å². The van der Waals surface area contributed by atoms with Crippen molar-refractivity contribution >= 4 is 11.7 Å². The van der Waals surface area contributed by atoms with Gasteiger partial charge < -0.3 is 19.7 Å². The average Bonchev–Trinajstić information content (AvgIpc) is 3.18. The molecular formula is C20H23FN4O3. The zero-order valence-electron chi connectivity index (χ0n) is 15.6. The van der Waals surface area contributed by atoms with Gasteiger partial charge in [-0.15, -0.1) is 0 Å². The van der Waals surface area contributed by atoms with Crippen molar-refractivity contribution in [2.24, 2.45) is 0 Å². The number of benzene rings is 1. The molecule has 7 nitrogen and oxygen atoms in total. The van der Waals surface area contributed by atoms with E-state index in [9.17, 15) is 9.18 Å². The number of hydrogen-bond acceptors (Lipinski definition) is 6. The van der Waals surface area contributed by atoms with Crippen molar-refractivity contribution in [1.82, 2.24) is 14.9 Å². The minimum Gasteiger partial charge on any atom is -0.370 e. The van der Waals surface area contributed by atoms with Crippen LogP contribution >= 0.6 is 0 Å². The smallest absolute Gasteiger partial charge is 0.272 e. The summed E-state index contributed by atoms with van der Waals surface area (Å²) in [6.07, 6.45) is 3.22. The predicted octanol–water partition coefficient (Wildman–Crippen LogP) is 2.25. The minimum atomic E-state index is -0.512. The number of carbonyl (C=O) groups is 1. The van der Waals surface area contributed by atoms with E-state index in [1.165, 1.54) is 12.4 Å². The first-order chi connectivity index (χ1) is 13.7. The van der Waals surface area contributed by atoms with Gasteiger partial charge in [-0.2, -0.15) is 0 Å². The van der Waals surface area contributed by atoms with Crippen LogP contribution in [0.15, 0.2) is 36.7 Å². The van der Waals surface area contributed by atoms with E-state index < -0.39 is 5.79 Å². The number of ether oxygens (including phenoxy) is 2. The lowest BCUT2D eigenvalue weighted by molar-refractivity contribution is -0.181. The van der Waals surface area contributed by atoms with Gasteiger partial charge in [0, 0.05) is 38.5 Å². The van der Waals surface area contributed by atoms with Crippen LogP contribution in [-0.4, -0.2) is 59.4 Å². The molecule has 148 valence electrons. The fourth-order valence-electron chi connectivity index (χ4n) is 3.60. The summed E-state index contributed by atoms with van der Waals surface area (Å²) < 4.78 is 25.1. The van der Waals surface area contributed by atoms with Gasteiger partial charge in [0.15, 0.2) is 5.79 Å². The molecule has 28 heavy (non-hydrogen) atoms. The quantitative estimate of drug-likeness (QED) is 0.849. The van der Waals surface area contributed by atoms with Crippen LogP contribution in [0.25, 0.3) is 0 Å². The third-order valence-corrected chi connectivity index (χ3v) is 5.17. The van der Waals surface area contributed by atoms with Gasteiger partial charge in [-0.3, -0.25) is 4.79 Å². The van der Waals surface area contributed by atoms with E-state index in [1.54, 1.807) is 23.1 Å². The Morgan fingerprint density at radius 2 is 1.93 bits per heavy atom. The molecule has 1 N–H and O–H groups in total. The highest BCUT2D eigenvalue weighted by atomic mass is 19.1. The topological polar surface area (TPSA) is 76.6 Å². The summed E-state index contributed by atoms with van der Waals surface area (Å²) in [7, 11) is 0. The third kappa shape index (κ3) is 4.13. The van der Waals surface area contributed by atoms with Crippen molar-refractivity contribution in [3.05, 3.63) is 53.7 Å². The first-order valence-electron chi connectivity index (χ1n) is 9.52. The molecule has 3 heterocycles. The number of nitrogens with one attached hydrogen (secondary N) is 1. The Morgan fingerprint density at radius 3 is 2.68 bits per heavy atom. The van der Waals surface area contributed by atoms with Crippen molar-refractivity contribution < 1.29 is 18.7 Å². The molecule has 2 fully saturated rings. The molecule has 0 saturated carbocycles. The van der Waals surface area contributed by atoms with E-state index in [4.69, 9.17) is 9.47 Å². The van der Waals surface area contributed by atoms with Crippen molar-refractivity contribution in [1.29, 1.82) is 0 Å². The first-order valence-corrected chi connectivity index (χ1v) is 9.52. The zero-order valence-corrected chi connectivity index (χ0v) is 15.6. The Morgan fingerprint density at radius 1 is 1.18 bits per heavy atom. The lowest BCUT2D eigenvalue weighted by atomic mass is 10.0. The summed E-state index contributed by atoms with van der Waals surface area (Å²) in [4.78, 5) is 22.8. The SMILES string of the molecule is O=C(c1cc(NCCc2ccccc2F)ncn1)N1CCC2(CC1)OCCO2. The van der Waals surface area contributed by atoms with Gasteiger partial charge in [0.05, 0.1) is 13.2 Å². The van der Waals surface area contributed by atoms with Gasteiger partial charge >= 0.3 is 0 Å². The Hall–Kier alpha value is -2.58. The normalized spacial score (nSPS) is 18.4. The summed E-state index contributed by atoms with van der Waals surface area (Å²) in [5, 5.41) is 3.13. The van der Waals surface area contributed by atoms with E-state index in [0.29, 0.717) is 69.2 Å². The number of carbonyl (C=O) groups excluding carboxylic acids is 1. The number of piperidine rings is 1. The molecule has 1 aromatic carbocycles. The number of hydrogen-bond donors (Lipinski definition) is 1. The molecule has 2 saturated heterocycles. The average molecular weight is 386 g/mol. The fourth-order valence-corrected chi connectivity index (χ4v) is 3.60. The van der Waals surface area contributed by atoms with Gasteiger partial charge in [0.2, 0.25) is 0 Å². The van der Waals surface area contributed by atoms with Crippen LogP contribution in [0.3, 0.4) is 0 Å². The van der Waals surface area contributed by atoms with Crippen LogP contribution in [0.1, 0.15) is 28.9 Å². The van der Waals surface area contributed by atoms with Gasteiger partial charge in [-0.25, -0.2) is 14.4 Å². The van der Waals surface area contributed by atoms with Crippen LogP contribution < -0.4 is 5.32 Å². The lowest BCUT2D eigenvalue weighted by Crippen LogP contribution is -2.47. The second kappa shape index (κ2) is 8.20. The predicted molar refractivity (Wildman–Crippen MR) is 100 cm³/mol. The number of rotatable bonds is 5. The molecule has 0 atom stereocenters. The second-order valence-electron chi connectivity index (χ2n) is 6.96. The summed E-state index contributed by atoms with van der Waals surface area (Å²) in [5.41, 5.74) is 0.978. The molecule has 0 aliphatic carbocycles. The number of amides is 1. The molecule has 1 aromatic heterocycles. The highest BCUT2D eigenvalue weighted by Crippen LogP contribution is 2.31. The molecule has 2 aromatic rings. The molecular weight excluding hydrogens is 363 g/mol. The van der Waals surface area contributed by atoms with Gasteiger partial charge in [0.1, 0.15) is 23.7 Å². The summed E-state index contributed by atoms with van der Waals surface area (Å²) >= 11 is 0. The maximum atomic E-state index is 13.7. The van der Waals surface area contributed by atoms with E-state index in [0.717, 1.165) is 0 Å². The number of nitrogens with zero attached hydrogens (tertiary/aromatic N) is 3. The molecule has 0 radical (unpaired) electrons. The van der Waals surface area contributed by atoms with Gasteiger partial charge in [-0.05, 0) is 18.1 Å². The maximum Gasteiger partial charge on any atom is 0.272 e. The fraction of sp³-hybridized carbons (Fsp3) is 0.450. The Bertz CT molecular complexity index is 832. The molecule has 0 bridgehead atoms. The molecule has 2 aliphatic heterocycles. The third-order valence-electron chi connectivity index (χ3n) is 5.17. The number of halogens is 1. The van der Waals surface area contributed by atoms with Crippen molar-refractivity contribution in [2.75, 3.05) is 38.2 Å². The number of aromatic nitrogens is 2. The Kier molecular flexibility index (Phi) is 5.50. The number of likely N-dealkylation sites (tertiary alicyclic amines) is 1. The number of anilines is 1. The molecule has 4 rings (SSSR count). The Labute approximate surface area is 162 Å². The van der Waals surface area contributed by atoms with E-state index in [2.05, 4.69) is 15.3 Å². The van der Waals surface area contributed by atoms with Crippen molar-refractivity contribution in [3.8, 4) is 0 Å². The summed E-state index contributed by atoms with van der Waals surface area (Å²) in [5.74, 6) is -0.319. The lowest BCUT2D eigenvalue weighted by Gasteiger charge is -2.37. The van der Waals surface area contributed by atoms with E-state index in [1.807, 2.05) is 6.07 Å². The van der Waals surface area contributed by atoms with Gasteiger partial charge in [0.25, 0.3) is 5.91 Å². The van der Waals surface area contributed by atoms with Crippen LogP contribution in [0.4, 0.5) is 10.2 Å². The molecule has 1 spiro atoms. The highest BCUT2D eigenvalue weighted by Gasteiger charge is 2.41. The van der Waals surface area contributed by atoms with Crippen LogP contribution in [0.2, 0.25) is 0 Å². The highest BCUT2D eigenvalue weighted by molar-refractivity contribution is 5.93. The monoisotopic (exact) mass is 386 g/mol. The summed E-state index contributed by atoms with van der Waals surface area (Å²) in [6, 6.07) is 8.32. The van der Waals surface area contributed by atoms with Crippen LogP contribution in [0.5, 0.6) is 0 Å². The molecule has 8 heteroatoms. The van der Waals surface area contributed by atoms with E-state index in [-0.39, 0.29) is 11.7 Å². The zero-order chi connectivity index (χ0) is 19.4. The maximum absolute atomic E-state index is 13.7. The van der Waals surface area contributed by atoms with Crippen molar-refractivity contribution in [2.45, 2.75) is 25.0 Å². The molecule has 1 amide bonds. The molecule has 2 aliphatic rings. The standard InChI is InChI=1S/C20H23FN4O3/c21-16-4-2-1-3-15(16)5-8-22-18-13-17(23-14-24-18)19(26)25-9-6-20(7-10-25)27-11-12-28-20/h1-4,13-14H,5-12H2,(H,22,23,24). The first kappa shape index (κ1) is 18.8. The largest absolute Gasteiger partial charge is 0.370 e. The second-order valence-corrected chi connectivity index (χ2v) is 6.96. The van der Waals surface area contributed by atoms with Gasteiger partial charge in [-0.1, -0.05) is 18.2 Å². The minimum absolute atomic E-state index is 0.132. The molecule has 0 unspecified atom stereocenters.